The van der Waals surface area contributed by atoms with Crippen molar-refractivity contribution in [1.29, 1.82) is 0 Å². The standard InChI is InChI=1S/C73H122O6/c1-4-7-10-13-16-19-22-25-28-30-32-34-35-36-37-39-40-42-45-48-51-54-57-60-63-66-72(75)78-69-70(68-77-71(74)65-62-59-56-53-50-47-44-27-24-21-18-15-12-9-6-3)79-73(76)67-64-61-58-55-52-49-46-43-41-38-33-31-29-26-23-20-17-14-11-8-5-2/h7,10,16,18-19,21,23,25-28,31-34,36-37,40,42,44,70H,4-6,8-9,11-15,17,20,22,24,29-30,35,38-39,41,43,45-69H2,1-3H3/b10-7-,19-16-,21-18-,26-23-,28-25-,33-31-,34-32-,37-36-,42-40-,44-27-. The fourth-order valence-corrected chi connectivity index (χ4v) is 8.98. The maximum Gasteiger partial charge on any atom is 0.306 e. The van der Waals surface area contributed by atoms with Gasteiger partial charge in [-0.1, -0.05) is 271 Å². The number of ether oxygens (including phenoxy) is 3. The van der Waals surface area contributed by atoms with Gasteiger partial charge >= 0.3 is 17.9 Å². The predicted octanol–water partition coefficient (Wildman–Crippen LogP) is 22.8. The molecule has 6 nitrogen and oxygen atoms in total. The lowest BCUT2D eigenvalue weighted by molar-refractivity contribution is -0.167. The zero-order valence-corrected chi connectivity index (χ0v) is 51.6. The van der Waals surface area contributed by atoms with Gasteiger partial charge in [-0.3, -0.25) is 14.4 Å². The van der Waals surface area contributed by atoms with Gasteiger partial charge in [0.05, 0.1) is 0 Å². The van der Waals surface area contributed by atoms with Crippen LogP contribution in [-0.4, -0.2) is 37.2 Å². The summed E-state index contributed by atoms with van der Waals surface area (Å²) in [5.74, 6) is -0.919. The summed E-state index contributed by atoms with van der Waals surface area (Å²) in [5.41, 5.74) is 0. The van der Waals surface area contributed by atoms with Crippen molar-refractivity contribution >= 4 is 17.9 Å². The maximum atomic E-state index is 12.9. The summed E-state index contributed by atoms with van der Waals surface area (Å²) >= 11 is 0. The smallest absolute Gasteiger partial charge is 0.306 e. The quantitative estimate of drug-likeness (QED) is 0.0261. The van der Waals surface area contributed by atoms with Crippen LogP contribution in [0, 0.1) is 0 Å². The summed E-state index contributed by atoms with van der Waals surface area (Å²) in [6.07, 6.45) is 92.0. The fraction of sp³-hybridized carbons (Fsp3) is 0.685. The number of hydrogen-bond acceptors (Lipinski definition) is 6. The molecule has 0 bridgehead atoms. The summed E-state index contributed by atoms with van der Waals surface area (Å²) in [4.78, 5) is 38.4. The van der Waals surface area contributed by atoms with Crippen LogP contribution < -0.4 is 0 Å². The molecule has 0 rings (SSSR count). The minimum atomic E-state index is -0.798. The molecule has 0 aromatic carbocycles. The Morgan fingerprint density at radius 3 is 0.797 bits per heavy atom. The lowest BCUT2D eigenvalue weighted by Crippen LogP contribution is -2.30. The molecule has 6 heteroatoms. The summed E-state index contributed by atoms with van der Waals surface area (Å²) in [5, 5.41) is 0. The molecule has 0 aliphatic carbocycles. The van der Waals surface area contributed by atoms with Crippen molar-refractivity contribution in [2.24, 2.45) is 0 Å². The van der Waals surface area contributed by atoms with Crippen LogP contribution in [-0.2, 0) is 28.6 Å². The largest absolute Gasteiger partial charge is 0.462 e. The van der Waals surface area contributed by atoms with Gasteiger partial charge in [0.15, 0.2) is 6.10 Å². The Morgan fingerprint density at radius 2 is 0.494 bits per heavy atom. The molecule has 0 N–H and O–H groups in total. The Bertz CT molecular complexity index is 1640. The van der Waals surface area contributed by atoms with Gasteiger partial charge in [-0.25, -0.2) is 0 Å². The maximum absolute atomic E-state index is 12.9. The second-order valence-electron chi connectivity index (χ2n) is 21.6. The van der Waals surface area contributed by atoms with Crippen molar-refractivity contribution in [3.8, 4) is 0 Å². The number of allylic oxidation sites excluding steroid dienone is 20. The molecule has 1 unspecified atom stereocenters. The van der Waals surface area contributed by atoms with Crippen molar-refractivity contribution in [3.05, 3.63) is 122 Å². The average molecular weight is 1100 g/mol. The first kappa shape index (κ1) is 74.8. The topological polar surface area (TPSA) is 78.9 Å². The molecular formula is C73H122O6. The monoisotopic (exact) mass is 1090 g/mol. The van der Waals surface area contributed by atoms with Crippen molar-refractivity contribution < 1.29 is 28.6 Å². The number of esters is 3. The van der Waals surface area contributed by atoms with Crippen molar-refractivity contribution in [2.75, 3.05) is 13.2 Å². The third kappa shape index (κ3) is 64.5. The average Bonchev–Trinajstić information content (AvgIpc) is 3.45. The van der Waals surface area contributed by atoms with E-state index in [1.807, 2.05) is 0 Å². The van der Waals surface area contributed by atoms with E-state index in [-0.39, 0.29) is 31.1 Å². The molecule has 450 valence electrons. The fourth-order valence-electron chi connectivity index (χ4n) is 8.98. The molecule has 0 aromatic heterocycles. The molecular weight excluding hydrogens is 973 g/mol. The first-order valence-electron chi connectivity index (χ1n) is 33.0. The minimum absolute atomic E-state index is 0.0936. The lowest BCUT2D eigenvalue weighted by atomic mass is 10.1. The van der Waals surface area contributed by atoms with Gasteiger partial charge in [-0.2, -0.15) is 0 Å². The van der Waals surface area contributed by atoms with Crippen LogP contribution in [0.3, 0.4) is 0 Å². The molecule has 1 atom stereocenters. The zero-order chi connectivity index (χ0) is 57.1. The molecule has 0 heterocycles. The van der Waals surface area contributed by atoms with Crippen LogP contribution >= 0.6 is 0 Å². The molecule has 0 saturated carbocycles. The minimum Gasteiger partial charge on any atom is -0.462 e. The van der Waals surface area contributed by atoms with Crippen LogP contribution in [0.15, 0.2) is 122 Å². The van der Waals surface area contributed by atoms with E-state index in [2.05, 4.69) is 142 Å². The van der Waals surface area contributed by atoms with E-state index < -0.39 is 6.10 Å². The van der Waals surface area contributed by atoms with Gasteiger partial charge in [0.2, 0.25) is 0 Å². The predicted molar refractivity (Wildman–Crippen MR) is 343 cm³/mol. The van der Waals surface area contributed by atoms with Crippen LogP contribution in [0.4, 0.5) is 0 Å². The van der Waals surface area contributed by atoms with Gasteiger partial charge in [-0.05, 0) is 135 Å². The third-order valence-corrected chi connectivity index (χ3v) is 13.9. The highest BCUT2D eigenvalue weighted by atomic mass is 16.6. The normalized spacial score (nSPS) is 12.9. The molecule has 0 aliphatic rings. The number of rotatable bonds is 59. The highest BCUT2D eigenvalue weighted by Crippen LogP contribution is 2.15. The van der Waals surface area contributed by atoms with E-state index in [0.717, 1.165) is 141 Å². The second kappa shape index (κ2) is 66.3. The molecule has 0 aromatic rings. The molecule has 0 saturated heterocycles. The summed E-state index contributed by atoms with van der Waals surface area (Å²) in [7, 11) is 0. The van der Waals surface area contributed by atoms with Crippen LogP contribution in [0.25, 0.3) is 0 Å². The SMILES string of the molecule is CC/C=C\C/C=C\C/C=C\C/C=C\C/C=C\C/C=C\CCCCCCCCC(=O)OCC(COC(=O)CCCCCCC/C=C\C/C=C\CCCCC)OC(=O)CCCCCCCCCCC/C=C\C/C=C\CCCCCCC. The van der Waals surface area contributed by atoms with Gasteiger partial charge in [0.25, 0.3) is 0 Å². The Hall–Kier alpha value is -4.19. The zero-order valence-electron chi connectivity index (χ0n) is 51.6. The van der Waals surface area contributed by atoms with E-state index in [4.69, 9.17) is 14.2 Å². The van der Waals surface area contributed by atoms with E-state index in [1.165, 1.54) is 122 Å². The number of carbonyl (C=O) groups excluding carboxylic acids is 3. The second-order valence-corrected chi connectivity index (χ2v) is 21.6. The number of unbranched alkanes of at least 4 members (excludes halogenated alkanes) is 28. The molecule has 0 spiro atoms. The Kier molecular flexibility index (Phi) is 62.8. The van der Waals surface area contributed by atoms with Crippen molar-refractivity contribution in [1.82, 2.24) is 0 Å². The summed E-state index contributed by atoms with van der Waals surface area (Å²) in [6, 6.07) is 0. The van der Waals surface area contributed by atoms with Gasteiger partial charge in [0.1, 0.15) is 13.2 Å². The first-order chi connectivity index (χ1) is 39.0. The third-order valence-electron chi connectivity index (χ3n) is 13.9. The Balaban J connectivity index is 4.42. The highest BCUT2D eigenvalue weighted by molar-refractivity contribution is 5.71. The molecule has 0 radical (unpaired) electrons. The van der Waals surface area contributed by atoms with E-state index in [9.17, 15) is 14.4 Å². The first-order valence-corrected chi connectivity index (χ1v) is 33.0. The summed E-state index contributed by atoms with van der Waals surface area (Å²) < 4.78 is 16.9. The van der Waals surface area contributed by atoms with Crippen LogP contribution in [0.1, 0.15) is 303 Å². The van der Waals surface area contributed by atoms with Crippen molar-refractivity contribution in [2.45, 2.75) is 309 Å². The van der Waals surface area contributed by atoms with Crippen molar-refractivity contribution in [3.63, 3.8) is 0 Å². The van der Waals surface area contributed by atoms with E-state index in [0.29, 0.717) is 19.3 Å². The molecule has 79 heavy (non-hydrogen) atoms. The highest BCUT2D eigenvalue weighted by Gasteiger charge is 2.19. The number of hydrogen-bond donors (Lipinski definition) is 0. The van der Waals surface area contributed by atoms with E-state index >= 15 is 0 Å². The lowest BCUT2D eigenvalue weighted by Gasteiger charge is -2.18. The van der Waals surface area contributed by atoms with Crippen LogP contribution in [0.5, 0.6) is 0 Å². The Morgan fingerprint density at radius 1 is 0.266 bits per heavy atom. The summed E-state index contributed by atoms with van der Waals surface area (Å²) in [6.45, 7) is 6.48. The molecule has 0 aliphatic heterocycles. The number of carbonyl (C=O) groups is 3. The Labute approximate surface area is 488 Å². The van der Waals surface area contributed by atoms with Crippen LogP contribution in [0.2, 0.25) is 0 Å². The molecule has 0 fully saturated rings. The van der Waals surface area contributed by atoms with Gasteiger partial charge < -0.3 is 14.2 Å². The molecule has 0 amide bonds. The van der Waals surface area contributed by atoms with Gasteiger partial charge in [0, 0.05) is 19.3 Å². The van der Waals surface area contributed by atoms with Gasteiger partial charge in [-0.15, -0.1) is 0 Å². The van der Waals surface area contributed by atoms with E-state index in [1.54, 1.807) is 0 Å².